The fourth-order valence-corrected chi connectivity index (χ4v) is 1.62. The van der Waals surface area contributed by atoms with Crippen molar-refractivity contribution in [3.63, 3.8) is 0 Å². The minimum absolute atomic E-state index is 0.0859. The monoisotopic (exact) mass is 242 g/mol. The summed E-state index contributed by atoms with van der Waals surface area (Å²) in [5.74, 6) is -0.479. The van der Waals surface area contributed by atoms with Gasteiger partial charge in [-0.1, -0.05) is 0 Å². The summed E-state index contributed by atoms with van der Waals surface area (Å²) in [6.07, 6.45) is 0.219. The van der Waals surface area contributed by atoms with Gasteiger partial charge in [-0.05, 0) is 6.92 Å². The second-order valence-corrected chi connectivity index (χ2v) is 3.97. The number of likely N-dealkylation sites (N-methyl/N-ethyl adjacent to an activating group) is 1. The highest BCUT2D eigenvalue weighted by atomic mass is 16.5. The molecule has 1 aliphatic heterocycles. The first-order valence-electron chi connectivity index (χ1n) is 5.72. The summed E-state index contributed by atoms with van der Waals surface area (Å²) in [5, 5.41) is 0. The van der Waals surface area contributed by atoms with Crippen LogP contribution in [0.25, 0.3) is 0 Å². The van der Waals surface area contributed by atoms with Crippen molar-refractivity contribution in [3.8, 4) is 0 Å². The third-order valence-corrected chi connectivity index (χ3v) is 2.58. The highest BCUT2D eigenvalue weighted by Crippen LogP contribution is 2.06. The van der Waals surface area contributed by atoms with E-state index in [1.54, 1.807) is 18.9 Å². The number of hydrogen-bond acceptors (Lipinski definition) is 4. The summed E-state index contributed by atoms with van der Waals surface area (Å²) in [7, 11) is 1.70. The van der Waals surface area contributed by atoms with Gasteiger partial charge in [-0.2, -0.15) is 0 Å². The molecular formula is C11H18N2O4. The van der Waals surface area contributed by atoms with Crippen LogP contribution >= 0.6 is 0 Å². The van der Waals surface area contributed by atoms with Crippen LogP contribution in [0.1, 0.15) is 19.8 Å². The number of carbonyl (C=O) groups excluding carboxylic acids is 3. The molecule has 17 heavy (non-hydrogen) atoms. The van der Waals surface area contributed by atoms with Crippen molar-refractivity contribution in [2.75, 3.05) is 33.3 Å². The van der Waals surface area contributed by atoms with Crippen molar-refractivity contribution in [2.45, 2.75) is 19.8 Å². The van der Waals surface area contributed by atoms with Gasteiger partial charge in [0.05, 0.1) is 19.6 Å². The fourth-order valence-electron chi connectivity index (χ4n) is 1.62. The lowest BCUT2D eigenvalue weighted by Crippen LogP contribution is -2.33. The van der Waals surface area contributed by atoms with Crippen LogP contribution in [-0.4, -0.2) is 60.9 Å². The van der Waals surface area contributed by atoms with Crippen molar-refractivity contribution < 1.29 is 19.1 Å². The normalized spacial score (nSPS) is 15.3. The zero-order chi connectivity index (χ0) is 12.8. The van der Waals surface area contributed by atoms with Crippen LogP contribution in [0.4, 0.5) is 4.79 Å². The van der Waals surface area contributed by atoms with Gasteiger partial charge in [0, 0.05) is 26.6 Å². The molecular weight excluding hydrogens is 224 g/mol. The van der Waals surface area contributed by atoms with Gasteiger partial charge in [-0.25, -0.2) is 4.79 Å². The number of nitrogens with zero attached hydrogens (tertiary/aromatic N) is 2. The molecule has 0 radical (unpaired) electrons. The highest BCUT2D eigenvalue weighted by Gasteiger charge is 2.26. The molecule has 0 aromatic rings. The highest BCUT2D eigenvalue weighted by molar-refractivity contribution is 5.88. The molecule has 1 fully saturated rings. The molecule has 0 saturated carbocycles. The van der Waals surface area contributed by atoms with E-state index in [-0.39, 0.29) is 37.2 Å². The fraction of sp³-hybridized carbons (Fsp3) is 0.727. The van der Waals surface area contributed by atoms with E-state index in [0.717, 1.165) is 0 Å². The lowest BCUT2D eigenvalue weighted by molar-refractivity contribution is -0.144. The number of urea groups is 1. The SMILES string of the molecule is CCOC(=O)CCC(=O)CN1CCN(C)C1=O. The Hall–Kier alpha value is -1.59. The molecule has 0 unspecified atom stereocenters. The molecule has 6 nitrogen and oxygen atoms in total. The van der Waals surface area contributed by atoms with Gasteiger partial charge in [0.2, 0.25) is 0 Å². The van der Waals surface area contributed by atoms with Gasteiger partial charge < -0.3 is 14.5 Å². The van der Waals surface area contributed by atoms with Crippen molar-refractivity contribution >= 4 is 17.8 Å². The number of ether oxygens (including phenoxy) is 1. The zero-order valence-electron chi connectivity index (χ0n) is 10.3. The quantitative estimate of drug-likeness (QED) is 0.627. The Kier molecular flexibility index (Phi) is 4.93. The van der Waals surface area contributed by atoms with E-state index in [4.69, 9.17) is 4.74 Å². The van der Waals surface area contributed by atoms with Crippen molar-refractivity contribution in [3.05, 3.63) is 0 Å². The molecule has 6 heteroatoms. The summed E-state index contributed by atoms with van der Waals surface area (Å²) in [6.45, 7) is 3.34. The molecule has 96 valence electrons. The minimum Gasteiger partial charge on any atom is -0.466 e. The summed E-state index contributed by atoms with van der Waals surface area (Å²) in [5.41, 5.74) is 0. The van der Waals surface area contributed by atoms with Crippen LogP contribution in [0.2, 0.25) is 0 Å². The first kappa shape index (κ1) is 13.5. The van der Waals surface area contributed by atoms with Crippen LogP contribution in [0.15, 0.2) is 0 Å². The van der Waals surface area contributed by atoms with E-state index in [0.29, 0.717) is 19.7 Å². The largest absolute Gasteiger partial charge is 0.466 e. The van der Waals surface area contributed by atoms with E-state index in [1.807, 2.05) is 0 Å². The molecule has 2 amide bonds. The number of rotatable bonds is 6. The van der Waals surface area contributed by atoms with Gasteiger partial charge in [0.1, 0.15) is 0 Å². The van der Waals surface area contributed by atoms with Gasteiger partial charge in [0.15, 0.2) is 5.78 Å². The summed E-state index contributed by atoms with van der Waals surface area (Å²) in [4.78, 5) is 37.1. The first-order chi connectivity index (χ1) is 8.04. The number of ketones is 1. The lowest BCUT2D eigenvalue weighted by atomic mass is 10.2. The van der Waals surface area contributed by atoms with Gasteiger partial charge in [-0.15, -0.1) is 0 Å². The number of Topliss-reactive ketones (excluding diaryl/α,β-unsaturated/α-hetero) is 1. The first-order valence-corrected chi connectivity index (χ1v) is 5.72. The van der Waals surface area contributed by atoms with Crippen LogP contribution < -0.4 is 0 Å². The Bertz CT molecular complexity index is 317. The molecule has 0 spiro atoms. The number of hydrogen-bond donors (Lipinski definition) is 0. The molecule has 0 atom stereocenters. The van der Waals surface area contributed by atoms with Crippen LogP contribution in [-0.2, 0) is 14.3 Å². The van der Waals surface area contributed by atoms with Gasteiger partial charge in [0.25, 0.3) is 0 Å². The molecule has 1 heterocycles. The van der Waals surface area contributed by atoms with Crippen molar-refractivity contribution in [2.24, 2.45) is 0 Å². The smallest absolute Gasteiger partial charge is 0.320 e. The Morgan fingerprint density at radius 1 is 1.29 bits per heavy atom. The predicted molar refractivity (Wildman–Crippen MR) is 60.5 cm³/mol. The predicted octanol–water partition coefficient (Wildman–Crippen LogP) is 0.266. The van der Waals surface area contributed by atoms with Gasteiger partial charge >= 0.3 is 12.0 Å². The van der Waals surface area contributed by atoms with E-state index in [2.05, 4.69) is 0 Å². The molecule has 1 rings (SSSR count). The zero-order valence-corrected chi connectivity index (χ0v) is 10.3. The number of amides is 2. The maximum absolute atomic E-state index is 11.5. The van der Waals surface area contributed by atoms with Crippen molar-refractivity contribution in [1.29, 1.82) is 0 Å². The third-order valence-electron chi connectivity index (χ3n) is 2.58. The molecule has 0 aromatic heterocycles. The summed E-state index contributed by atoms with van der Waals surface area (Å²) < 4.78 is 4.72. The van der Waals surface area contributed by atoms with Gasteiger partial charge in [-0.3, -0.25) is 9.59 Å². The van der Waals surface area contributed by atoms with E-state index in [1.165, 1.54) is 4.90 Å². The van der Waals surface area contributed by atoms with Crippen molar-refractivity contribution in [1.82, 2.24) is 9.80 Å². The summed E-state index contributed by atoms with van der Waals surface area (Å²) >= 11 is 0. The molecule has 0 aliphatic carbocycles. The number of carbonyl (C=O) groups is 3. The third kappa shape index (κ3) is 4.05. The lowest BCUT2D eigenvalue weighted by Gasteiger charge is -2.14. The van der Waals surface area contributed by atoms with E-state index >= 15 is 0 Å². The Morgan fingerprint density at radius 2 is 2.00 bits per heavy atom. The number of esters is 1. The maximum Gasteiger partial charge on any atom is 0.320 e. The molecule has 1 saturated heterocycles. The standard InChI is InChI=1S/C11H18N2O4/c1-3-17-10(15)5-4-9(14)8-13-7-6-12(2)11(13)16/h3-8H2,1-2H3. The van der Waals surface area contributed by atoms with Crippen LogP contribution in [0.3, 0.4) is 0 Å². The second-order valence-electron chi connectivity index (χ2n) is 3.97. The maximum atomic E-state index is 11.5. The van der Waals surface area contributed by atoms with Crippen LogP contribution in [0.5, 0.6) is 0 Å². The molecule has 0 N–H and O–H groups in total. The molecule has 0 bridgehead atoms. The minimum atomic E-state index is -0.370. The molecule has 0 aromatic carbocycles. The summed E-state index contributed by atoms with van der Waals surface area (Å²) in [6, 6.07) is -0.130. The van der Waals surface area contributed by atoms with Crippen LogP contribution in [0, 0.1) is 0 Å². The second kappa shape index (κ2) is 6.22. The Morgan fingerprint density at radius 3 is 2.53 bits per heavy atom. The Balaban J connectivity index is 2.26. The topological polar surface area (TPSA) is 66.9 Å². The average Bonchev–Trinajstić information content (AvgIpc) is 2.59. The van der Waals surface area contributed by atoms with E-state index in [9.17, 15) is 14.4 Å². The Labute approximate surface area is 101 Å². The molecule has 1 aliphatic rings. The average molecular weight is 242 g/mol. The van der Waals surface area contributed by atoms with E-state index < -0.39 is 0 Å².